The van der Waals surface area contributed by atoms with Gasteiger partial charge in [-0.3, -0.25) is 15.0 Å². The van der Waals surface area contributed by atoms with Gasteiger partial charge in [0.1, 0.15) is 0 Å². The van der Waals surface area contributed by atoms with E-state index < -0.39 is 22.8 Å². The van der Waals surface area contributed by atoms with Crippen LogP contribution in [0.1, 0.15) is 48.9 Å². The molecule has 0 spiro atoms. The summed E-state index contributed by atoms with van der Waals surface area (Å²) in [6.07, 6.45) is 0.645. The number of allylic oxidation sites excluding steroid dienone is 2. The van der Waals surface area contributed by atoms with E-state index in [1.807, 2.05) is 12.1 Å². The molecule has 1 unspecified atom stereocenters. The van der Waals surface area contributed by atoms with Crippen LogP contribution in [0.15, 0.2) is 107 Å². The topological polar surface area (TPSA) is 114 Å². The Balaban J connectivity index is 1.21. The molecule has 46 heavy (non-hydrogen) atoms. The molecule has 2 heterocycles. The van der Waals surface area contributed by atoms with Crippen LogP contribution in [0.3, 0.4) is 0 Å². The van der Waals surface area contributed by atoms with Crippen LogP contribution in [0, 0.1) is 10.1 Å². The number of nitro benzene ring substituents is 1. The molecular weight excluding hydrogens is 584 g/mol. The van der Waals surface area contributed by atoms with Crippen molar-refractivity contribution in [3.05, 3.63) is 134 Å². The maximum absolute atomic E-state index is 13.6. The first-order valence-electron chi connectivity index (χ1n) is 15.5. The standard InChI is InChI=1S/C36H40N4O6/c1-25-31(35(41)45-3)33(29-16-10-17-30(24-29)40(43)44)32(26(2)37-25)36(42)46-23-11-18-38-19-21-39(22-20-38)34(27-12-6-4-7-13-27)28-14-8-5-9-15-28/h4-10,12-17,24,33-34,37H,11,18-23H2,1-3H3. The first kappa shape index (κ1) is 32.6. The number of nitrogens with one attached hydrogen (secondary N) is 1. The molecule has 0 bridgehead atoms. The van der Waals surface area contributed by atoms with E-state index in [-0.39, 0.29) is 29.5 Å². The fourth-order valence-corrected chi connectivity index (χ4v) is 6.46. The van der Waals surface area contributed by atoms with Gasteiger partial charge in [0.25, 0.3) is 5.69 Å². The molecule has 5 rings (SSSR count). The van der Waals surface area contributed by atoms with Crippen molar-refractivity contribution in [3.8, 4) is 0 Å². The molecule has 10 nitrogen and oxygen atoms in total. The lowest BCUT2D eigenvalue weighted by Crippen LogP contribution is -2.48. The van der Waals surface area contributed by atoms with Crippen LogP contribution >= 0.6 is 0 Å². The molecule has 1 atom stereocenters. The lowest BCUT2D eigenvalue weighted by Gasteiger charge is -2.39. The molecule has 2 aliphatic heterocycles. The quantitative estimate of drug-likeness (QED) is 0.131. The van der Waals surface area contributed by atoms with E-state index in [1.165, 1.54) is 30.4 Å². The molecule has 0 radical (unpaired) electrons. The third kappa shape index (κ3) is 7.35. The minimum Gasteiger partial charge on any atom is -0.466 e. The maximum Gasteiger partial charge on any atom is 0.336 e. The molecule has 0 aliphatic carbocycles. The van der Waals surface area contributed by atoms with Crippen molar-refractivity contribution in [1.29, 1.82) is 0 Å². The summed E-state index contributed by atoms with van der Waals surface area (Å²) >= 11 is 0. The van der Waals surface area contributed by atoms with Crippen LogP contribution in [0.2, 0.25) is 0 Å². The normalized spacial score (nSPS) is 17.5. The van der Waals surface area contributed by atoms with Crippen molar-refractivity contribution >= 4 is 17.6 Å². The predicted molar refractivity (Wildman–Crippen MR) is 175 cm³/mol. The Morgan fingerprint density at radius 3 is 2.02 bits per heavy atom. The molecule has 0 saturated carbocycles. The Morgan fingerprint density at radius 2 is 1.46 bits per heavy atom. The number of benzene rings is 3. The third-order valence-electron chi connectivity index (χ3n) is 8.65. The van der Waals surface area contributed by atoms with E-state index in [0.717, 1.165) is 32.7 Å². The summed E-state index contributed by atoms with van der Waals surface area (Å²) in [4.78, 5) is 42.4. The van der Waals surface area contributed by atoms with Crippen molar-refractivity contribution in [2.75, 3.05) is 46.4 Å². The first-order valence-corrected chi connectivity index (χ1v) is 15.5. The largest absolute Gasteiger partial charge is 0.466 e. The fraction of sp³-hybridized carbons (Fsp3) is 0.333. The van der Waals surface area contributed by atoms with Gasteiger partial charge < -0.3 is 19.7 Å². The van der Waals surface area contributed by atoms with E-state index in [0.29, 0.717) is 23.4 Å². The number of methoxy groups -OCH3 is 1. The number of non-ortho nitro benzene ring substituents is 1. The molecule has 0 aromatic heterocycles. The smallest absolute Gasteiger partial charge is 0.336 e. The van der Waals surface area contributed by atoms with E-state index in [4.69, 9.17) is 9.47 Å². The summed E-state index contributed by atoms with van der Waals surface area (Å²) in [5, 5.41) is 14.6. The Hall–Kier alpha value is -4.80. The zero-order valence-corrected chi connectivity index (χ0v) is 26.5. The molecule has 3 aromatic carbocycles. The van der Waals surface area contributed by atoms with Gasteiger partial charge in [-0.1, -0.05) is 72.8 Å². The lowest BCUT2D eigenvalue weighted by molar-refractivity contribution is -0.384. The molecule has 2 aliphatic rings. The van der Waals surface area contributed by atoms with Crippen LogP contribution in [-0.4, -0.2) is 73.1 Å². The predicted octanol–water partition coefficient (Wildman–Crippen LogP) is 5.34. The fourth-order valence-electron chi connectivity index (χ4n) is 6.46. The number of hydrogen-bond donors (Lipinski definition) is 1. The van der Waals surface area contributed by atoms with Gasteiger partial charge in [0.15, 0.2) is 0 Å². The number of dihydropyridines is 1. The van der Waals surface area contributed by atoms with Gasteiger partial charge in [-0.15, -0.1) is 0 Å². The number of carbonyl (C=O) groups is 2. The van der Waals surface area contributed by atoms with E-state index in [9.17, 15) is 19.7 Å². The molecule has 1 saturated heterocycles. The Morgan fingerprint density at radius 1 is 0.870 bits per heavy atom. The zero-order valence-electron chi connectivity index (χ0n) is 26.5. The summed E-state index contributed by atoms with van der Waals surface area (Å²) < 4.78 is 10.8. The second-order valence-corrected chi connectivity index (χ2v) is 11.6. The van der Waals surface area contributed by atoms with Gasteiger partial charge in [-0.05, 0) is 37.0 Å². The lowest BCUT2D eigenvalue weighted by atomic mass is 9.80. The summed E-state index contributed by atoms with van der Waals surface area (Å²) in [7, 11) is 1.26. The number of rotatable bonds is 11. The second-order valence-electron chi connectivity index (χ2n) is 11.6. The SMILES string of the molecule is COC(=O)C1=C(C)NC(C)=C(C(=O)OCCCN2CCN(C(c3ccccc3)c3ccccc3)CC2)C1c1cccc([N+](=O)[O-])c1. The second kappa shape index (κ2) is 15.0. The molecule has 1 fully saturated rings. The summed E-state index contributed by atoms with van der Waals surface area (Å²) in [6.45, 7) is 8.06. The summed E-state index contributed by atoms with van der Waals surface area (Å²) in [5.41, 5.74) is 4.33. The van der Waals surface area contributed by atoms with Gasteiger partial charge in [-0.25, -0.2) is 9.59 Å². The van der Waals surface area contributed by atoms with Gasteiger partial charge in [0.05, 0.1) is 41.7 Å². The van der Waals surface area contributed by atoms with Gasteiger partial charge >= 0.3 is 11.9 Å². The van der Waals surface area contributed by atoms with Crippen molar-refractivity contribution in [2.45, 2.75) is 32.2 Å². The number of esters is 2. The van der Waals surface area contributed by atoms with Crippen molar-refractivity contribution < 1.29 is 24.0 Å². The van der Waals surface area contributed by atoms with Crippen molar-refractivity contribution in [3.63, 3.8) is 0 Å². The average molecular weight is 625 g/mol. The monoisotopic (exact) mass is 624 g/mol. The Kier molecular flexibility index (Phi) is 10.6. The van der Waals surface area contributed by atoms with Crippen LogP contribution in [0.4, 0.5) is 5.69 Å². The molecule has 240 valence electrons. The number of nitro groups is 1. The van der Waals surface area contributed by atoms with Crippen LogP contribution in [0.25, 0.3) is 0 Å². The highest BCUT2D eigenvalue weighted by atomic mass is 16.6. The minimum absolute atomic E-state index is 0.137. The maximum atomic E-state index is 13.6. The number of ether oxygens (including phenoxy) is 2. The number of hydrogen-bond acceptors (Lipinski definition) is 9. The molecule has 3 aromatic rings. The number of carbonyl (C=O) groups excluding carboxylic acids is 2. The highest BCUT2D eigenvalue weighted by Gasteiger charge is 2.38. The van der Waals surface area contributed by atoms with Crippen molar-refractivity contribution in [1.82, 2.24) is 15.1 Å². The van der Waals surface area contributed by atoms with Crippen LogP contribution in [-0.2, 0) is 19.1 Å². The highest BCUT2D eigenvalue weighted by Crippen LogP contribution is 2.40. The Labute approximate surface area is 269 Å². The number of nitrogens with zero attached hydrogens (tertiary/aromatic N) is 3. The zero-order chi connectivity index (χ0) is 32.6. The number of piperazine rings is 1. The first-order chi connectivity index (χ1) is 22.3. The highest BCUT2D eigenvalue weighted by molar-refractivity contribution is 5.99. The van der Waals surface area contributed by atoms with E-state index >= 15 is 0 Å². The molecular formula is C36H40N4O6. The summed E-state index contributed by atoms with van der Waals surface area (Å²) in [5.74, 6) is -2.08. The molecule has 1 N–H and O–H groups in total. The van der Waals surface area contributed by atoms with Gasteiger partial charge in [-0.2, -0.15) is 0 Å². The van der Waals surface area contributed by atoms with E-state index in [2.05, 4.69) is 63.6 Å². The third-order valence-corrected chi connectivity index (χ3v) is 8.65. The molecule has 0 amide bonds. The van der Waals surface area contributed by atoms with Crippen molar-refractivity contribution in [2.24, 2.45) is 0 Å². The molecule has 10 heteroatoms. The summed E-state index contributed by atoms with van der Waals surface area (Å²) in [6, 6.07) is 27.3. The van der Waals surface area contributed by atoms with Gasteiger partial charge in [0, 0.05) is 56.3 Å². The average Bonchev–Trinajstić information content (AvgIpc) is 3.07. The van der Waals surface area contributed by atoms with Crippen LogP contribution < -0.4 is 5.32 Å². The Bertz CT molecular complexity index is 1570. The van der Waals surface area contributed by atoms with Gasteiger partial charge in [0.2, 0.25) is 0 Å². The van der Waals surface area contributed by atoms with Crippen LogP contribution in [0.5, 0.6) is 0 Å². The minimum atomic E-state index is -0.878. The van der Waals surface area contributed by atoms with E-state index in [1.54, 1.807) is 26.0 Å².